The highest BCUT2D eigenvalue weighted by molar-refractivity contribution is 5.16. The predicted molar refractivity (Wildman–Crippen MR) is 69.9 cm³/mol. The molecule has 0 aromatic heterocycles. The summed E-state index contributed by atoms with van der Waals surface area (Å²) in [7, 11) is 0. The fourth-order valence-electron chi connectivity index (χ4n) is 2.74. The van der Waals surface area contributed by atoms with E-state index in [1.165, 1.54) is 12.1 Å². The number of benzene rings is 1. The van der Waals surface area contributed by atoms with Crippen LogP contribution in [0.4, 0.5) is 8.78 Å². The van der Waals surface area contributed by atoms with Gasteiger partial charge in [0.1, 0.15) is 12.0 Å². The third kappa shape index (κ3) is 3.52. The van der Waals surface area contributed by atoms with Gasteiger partial charge in [-0.1, -0.05) is 18.6 Å². The zero-order valence-electron chi connectivity index (χ0n) is 10.9. The highest BCUT2D eigenvalue weighted by atomic mass is 19.1. The molecule has 0 aliphatic carbocycles. The van der Waals surface area contributed by atoms with Crippen LogP contribution >= 0.6 is 0 Å². The lowest BCUT2D eigenvalue weighted by Gasteiger charge is -2.36. The normalized spacial score (nSPS) is 22.9. The van der Waals surface area contributed by atoms with Crippen molar-refractivity contribution in [2.75, 3.05) is 13.1 Å². The second-order valence-electron chi connectivity index (χ2n) is 5.15. The number of rotatable bonds is 4. The number of piperidine rings is 1. The molecular formula is C15H21F2N. The molecule has 0 N–H and O–H groups in total. The monoisotopic (exact) mass is 253 g/mol. The number of hydrogen-bond acceptors (Lipinski definition) is 1. The predicted octanol–water partition coefficient (Wildman–Crippen LogP) is 3.58. The largest absolute Gasteiger partial charge is 0.297 e. The summed E-state index contributed by atoms with van der Waals surface area (Å²) in [5, 5.41) is 0. The van der Waals surface area contributed by atoms with Crippen LogP contribution < -0.4 is 0 Å². The first-order chi connectivity index (χ1) is 8.66. The molecule has 1 nitrogen and oxygen atoms in total. The standard InChI is InChI=1S/C15H21F2N/c1-12(16)15-4-2-3-10-18(15)11-9-13-5-7-14(17)8-6-13/h5-8,12,15H,2-4,9-11H2,1H3. The van der Waals surface area contributed by atoms with Gasteiger partial charge in [0.05, 0.1) is 0 Å². The zero-order valence-corrected chi connectivity index (χ0v) is 10.9. The molecule has 1 aliphatic rings. The molecule has 3 heteroatoms. The minimum atomic E-state index is -0.765. The van der Waals surface area contributed by atoms with Gasteiger partial charge in [-0.3, -0.25) is 4.90 Å². The van der Waals surface area contributed by atoms with Gasteiger partial charge < -0.3 is 0 Å². The second-order valence-corrected chi connectivity index (χ2v) is 5.15. The van der Waals surface area contributed by atoms with E-state index in [9.17, 15) is 8.78 Å². The van der Waals surface area contributed by atoms with E-state index < -0.39 is 6.17 Å². The fraction of sp³-hybridized carbons (Fsp3) is 0.600. The SMILES string of the molecule is CC(F)C1CCCCN1CCc1ccc(F)cc1. The van der Waals surface area contributed by atoms with Crippen LogP contribution in [0.5, 0.6) is 0 Å². The molecule has 0 spiro atoms. The van der Waals surface area contributed by atoms with Gasteiger partial charge in [-0.25, -0.2) is 8.78 Å². The number of nitrogens with zero attached hydrogens (tertiary/aromatic N) is 1. The van der Waals surface area contributed by atoms with E-state index in [0.717, 1.165) is 44.3 Å². The average Bonchev–Trinajstić information content (AvgIpc) is 2.38. The highest BCUT2D eigenvalue weighted by Crippen LogP contribution is 2.21. The van der Waals surface area contributed by atoms with Gasteiger partial charge in [0.25, 0.3) is 0 Å². The van der Waals surface area contributed by atoms with Crippen LogP contribution in [0.1, 0.15) is 31.7 Å². The van der Waals surface area contributed by atoms with Crippen LogP contribution in [0.2, 0.25) is 0 Å². The quantitative estimate of drug-likeness (QED) is 0.792. The first-order valence-corrected chi connectivity index (χ1v) is 6.79. The third-order valence-electron chi connectivity index (χ3n) is 3.80. The molecule has 2 rings (SSSR count). The summed E-state index contributed by atoms with van der Waals surface area (Å²) < 4.78 is 26.3. The van der Waals surface area contributed by atoms with Crippen LogP contribution in [-0.4, -0.2) is 30.2 Å². The van der Waals surface area contributed by atoms with Crippen molar-refractivity contribution in [1.29, 1.82) is 0 Å². The minimum Gasteiger partial charge on any atom is -0.297 e. The molecule has 0 saturated carbocycles. The topological polar surface area (TPSA) is 3.24 Å². The Balaban J connectivity index is 1.89. The van der Waals surface area contributed by atoms with Crippen LogP contribution in [0.15, 0.2) is 24.3 Å². The molecule has 1 saturated heterocycles. The first-order valence-electron chi connectivity index (χ1n) is 6.79. The molecule has 2 unspecified atom stereocenters. The summed E-state index contributed by atoms with van der Waals surface area (Å²) in [4.78, 5) is 2.25. The molecule has 18 heavy (non-hydrogen) atoms. The van der Waals surface area contributed by atoms with E-state index in [1.807, 2.05) is 12.1 Å². The molecule has 2 atom stereocenters. The summed E-state index contributed by atoms with van der Waals surface area (Å²) in [5.41, 5.74) is 1.12. The number of likely N-dealkylation sites (tertiary alicyclic amines) is 1. The molecule has 1 fully saturated rings. The summed E-state index contributed by atoms with van der Waals surface area (Å²) in [6, 6.07) is 6.67. The Bertz CT molecular complexity index is 361. The molecule has 1 aromatic carbocycles. The van der Waals surface area contributed by atoms with Crippen LogP contribution in [0, 0.1) is 5.82 Å². The van der Waals surface area contributed by atoms with Crippen molar-refractivity contribution in [2.24, 2.45) is 0 Å². The Morgan fingerprint density at radius 1 is 1.28 bits per heavy atom. The van der Waals surface area contributed by atoms with Crippen molar-refractivity contribution >= 4 is 0 Å². The summed E-state index contributed by atoms with van der Waals surface area (Å²) in [5.74, 6) is -0.202. The molecule has 1 aliphatic heterocycles. The van der Waals surface area contributed by atoms with Crippen molar-refractivity contribution in [2.45, 2.75) is 44.8 Å². The maximum Gasteiger partial charge on any atom is 0.123 e. The number of halogens is 2. The van der Waals surface area contributed by atoms with Crippen molar-refractivity contribution in [3.63, 3.8) is 0 Å². The van der Waals surface area contributed by atoms with Gasteiger partial charge >= 0.3 is 0 Å². The average molecular weight is 253 g/mol. The van der Waals surface area contributed by atoms with Gasteiger partial charge in [0.15, 0.2) is 0 Å². The van der Waals surface area contributed by atoms with Crippen molar-refractivity contribution in [3.8, 4) is 0 Å². The summed E-state index contributed by atoms with van der Waals surface area (Å²) in [6.45, 7) is 3.51. The lowest BCUT2D eigenvalue weighted by molar-refractivity contribution is 0.0853. The number of hydrogen-bond donors (Lipinski definition) is 0. The Morgan fingerprint density at radius 2 is 2.00 bits per heavy atom. The number of alkyl halides is 1. The van der Waals surface area contributed by atoms with Crippen LogP contribution in [0.3, 0.4) is 0 Å². The van der Waals surface area contributed by atoms with E-state index in [4.69, 9.17) is 0 Å². The lowest BCUT2D eigenvalue weighted by atomic mass is 9.98. The van der Waals surface area contributed by atoms with E-state index in [0.29, 0.717) is 0 Å². The van der Waals surface area contributed by atoms with Crippen molar-refractivity contribution in [1.82, 2.24) is 4.90 Å². The van der Waals surface area contributed by atoms with Gasteiger partial charge in [-0.2, -0.15) is 0 Å². The second kappa shape index (κ2) is 6.28. The molecule has 1 heterocycles. The molecule has 0 radical (unpaired) electrons. The molecule has 1 aromatic rings. The maximum atomic E-state index is 13.5. The highest BCUT2D eigenvalue weighted by Gasteiger charge is 2.26. The van der Waals surface area contributed by atoms with Crippen LogP contribution in [0.25, 0.3) is 0 Å². The van der Waals surface area contributed by atoms with Gasteiger partial charge in [0.2, 0.25) is 0 Å². The van der Waals surface area contributed by atoms with E-state index in [-0.39, 0.29) is 11.9 Å². The Labute approximate surface area is 108 Å². The third-order valence-corrected chi connectivity index (χ3v) is 3.80. The molecule has 0 bridgehead atoms. The molecular weight excluding hydrogens is 232 g/mol. The van der Waals surface area contributed by atoms with E-state index in [2.05, 4.69) is 4.90 Å². The Kier molecular flexibility index (Phi) is 4.70. The molecule has 0 amide bonds. The molecule has 100 valence electrons. The lowest BCUT2D eigenvalue weighted by Crippen LogP contribution is -2.45. The maximum absolute atomic E-state index is 13.5. The van der Waals surface area contributed by atoms with Crippen LogP contribution in [-0.2, 0) is 6.42 Å². The minimum absolute atomic E-state index is 0.0687. The van der Waals surface area contributed by atoms with E-state index in [1.54, 1.807) is 6.92 Å². The Hall–Kier alpha value is -0.960. The van der Waals surface area contributed by atoms with Gasteiger partial charge in [-0.05, 0) is 50.4 Å². The summed E-state index contributed by atoms with van der Waals surface area (Å²) >= 11 is 0. The fourth-order valence-corrected chi connectivity index (χ4v) is 2.74. The summed E-state index contributed by atoms with van der Waals surface area (Å²) in [6.07, 6.45) is 3.35. The van der Waals surface area contributed by atoms with Gasteiger partial charge in [-0.15, -0.1) is 0 Å². The smallest absolute Gasteiger partial charge is 0.123 e. The van der Waals surface area contributed by atoms with Gasteiger partial charge in [0, 0.05) is 12.6 Å². The first kappa shape index (κ1) is 13.5. The van der Waals surface area contributed by atoms with E-state index >= 15 is 0 Å². The van der Waals surface area contributed by atoms with Crippen molar-refractivity contribution < 1.29 is 8.78 Å². The zero-order chi connectivity index (χ0) is 13.0. The van der Waals surface area contributed by atoms with Crippen molar-refractivity contribution in [3.05, 3.63) is 35.6 Å². The Morgan fingerprint density at radius 3 is 2.67 bits per heavy atom.